The molecule has 2 unspecified atom stereocenters. The number of hydrogen-bond acceptors (Lipinski definition) is 4. The summed E-state index contributed by atoms with van der Waals surface area (Å²) in [4.78, 5) is 9.60. The Morgan fingerprint density at radius 3 is 2.74 bits per heavy atom. The second kappa shape index (κ2) is 10.2. The highest BCUT2D eigenvalue weighted by Crippen LogP contribution is 2.31. The van der Waals surface area contributed by atoms with Crippen molar-refractivity contribution in [2.24, 2.45) is 12.0 Å². The number of piperidine rings is 1. The van der Waals surface area contributed by atoms with Crippen LogP contribution < -0.4 is 10.1 Å². The molecule has 4 rings (SSSR count). The van der Waals surface area contributed by atoms with Crippen LogP contribution in [0.3, 0.4) is 0 Å². The maximum absolute atomic E-state index is 5.71. The molecule has 1 aromatic carbocycles. The Bertz CT molecular complexity index is 872. The van der Waals surface area contributed by atoms with Crippen molar-refractivity contribution in [2.75, 3.05) is 46.9 Å². The lowest BCUT2D eigenvalue weighted by Gasteiger charge is -2.36. The number of methoxy groups -OCH3 is 1. The first-order chi connectivity index (χ1) is 15.2. The average Bonchev–Trinajstić information content (AvgIpc) is 3.47. The van der Waals surface area contributed by atoms with E-state index in [0.29, 0.717) is 5.92 Å². The molecule has 0 amide bonds. The van der Waals surface area contributed by atoms with Crippen molar-refractivity contribution in [3.63, 3.8) is 0 Å². The summed E-state index contributed by atoms with van der Waals surface area (Å²) >= 11 is 0. The van der Waals surface area contributed by atoms with Crippen LogP contribution in [0, 0.1) is 0 Å². The highest BCUT2D eigenvalue weighted by molar-refractivity contribution is 5.80. The summed E-state index contributed by atoms with van der Waals surface area (Å²) in [6, 6.07) is 8.70. The Labute approximate surface area is 186 Å². The number of nitrogens with zero attached hydrogens (tertiary/aromatic N) is 5. The van der Waals surface area contributed by atoms with Crippen LogP contribution in [0.5, 0.6) is 5.75 Å². The number of aryl methyl sites for hydroxylation is 1. The Hall–Kier alpha value is -2.54. The Morgan fingerprint density at radius 2 is 2.03 bits per heavy atom. The van der Waals surface area contributed by atoms with Crippen molar-refractivity contribution >= 4 is 5.96 Å². The molecule has 2 saturated heterocycles. The molecule has 168 valence electrons. The van der Waals surface area contributed by atoms with Gasteiger partial charge < -0.3 is 15.0 Å². The van der Waals surface area contributed by atoms with E-state index in [9.17, 15) is 0 Å². The third-order valence-electron chi connectivity index (χ3n) is 6.68. The van der Waals surface area contributed by atoms with Crippen LogP contribution in [-0.2, 0) is 7.05 Å². The van der Waals surface area contributed by atoms with Gasteiger partial charge in [-0.2, -0.15) is 5.10 Å². The van der Waals surface area contributed by atoms with E-state index in [1.54, 1.807) is 7.11 Å². The minimum absolute atomic E-state index is 0.268. The first kappa shape index (κ1) is 21.7. The number of para-hydroxylation sites is 1. The Morgan fingerprint density at radius 1 is 1.23 bits per heavy atom. The van der Waals surface area contributed by atoms with Gasteiger partial charge in [-0.05, 0) is 44.0 Å². The zero-order valence-electron chi connectivity index (χ0n) is 19.1. The molecule has 0 spiro atoms. The standard InChI is InChI=1S/C24H36N6O/c1-25-24(30-14-11-19(18-30)20-15-27-28(2)17-20)26-16-22(29-12-7-4-8-13-29)21-9-5-6-10-23(21)31-3/h5-6,9-10,15,17,19,22H,4,7-8,11-14,16,18H2,1-3H3,(H,25,26). The van der Waals surface area contributed by atoms with Crippen molar-refractivity contribution in [1.29, 1.82) is 0 Å². The van der Waals surface area contributed by atoms with Crippen molar-refractivity contribution in [3.8, 4) is 5.75 Å². The summed E-state index contributed by atoms with van der Waals surface area (Å²) in [5.41, 5.74) is 2.57. The van der Waals surface area contributed by atoms with E-state index in [-0.39, 0.29) is 6.04 Å². The lowest BCUT2D eigenvalue weighted by Crippen LogP contribution is -2.45. The molecule has 0 saturated carbocycles. The molecular formula is C24H36N6O. The molecule has 2 aliphatic rings. The number of likely N-dealkylation sites (tertiary alicyclic amines) is 2. The number of aromatic nitrogens is 2. The SMILES string of the molecule is CN=C(NCC(c1ccccc1OC)N1CCCCC1)N1CCC(c2cnn(C)c2)C1. The van der Waals surface area contributed by atoms with E-state index < -0.39 is 0 Å². The van der Waals surface area contributed by atoms with Crippen LogP contribution in [0.2, 0.25) is 0 Å². The average molecular weight is 425 g/mol. The highest BCUT2D eigenvalue weighted by Gasteiger charge is 2.29. The fourth-order valence-corrected chi connectivity index (χ4v) is 5.00. The molecule has 7 heteroatoms. The van der Waals surface area contributed by atoms with Gasteiger partial charge in [0.15, 0.2) is 5.96 Å². The number of rotatable bonds is 6. The monoisotopic (exact) mass is 424 g/mol. The van der Waals surface area contributed by atoms with Gasteiger partial charge in [0.05, 0.1) is 19.3 Å². The quantitative estimate of drug-likeness (QED) is 0.571. The number of benzene rings is 1. The van der Waals surface area contributed by atoms with Crippen LogP contribution in [-0.4, -0.2) is 72.4 Å². The van der Waals surface area contributed by atoms with Gasteiger partial charge in [0.2, 0.25) is 0 Å². The van der Waals surface area contributed by atoms with Gasteiger partial charge >= 0.3 is 0 Å². The maximum Gasteiger partial charge on any atom is 0.193 e. The molecule has 2 atom stereocenters. The zero-order valence-corrected chi connectivity index (χ0v) is 19.1. The second-order valence-electron chi connectivity index (χ2n) is 8.66. The van der Waals surface area contributed by atoms with Crippen LogP contribution in [0.15, 0.2) is 41.7 Å². The molecule has 3 heterocycles. The zero-order chi connectivity index (χ0) is 21.6. The Balaban J connectivity index is 1.45. The Kier molecular flexibility index (Phi) is 7.12. The van der Waals surface area contributed by atoms with Gasteiger partial charge in [-0.25, -0.2) is 0 Å². The van der Waals surface area contributed by atoms with Crippen LogP contribution in [0.25, 0.3) is 0 Å². The van der Waals surface area contributed by atoms with Gasteiger partial charge in [-0.3, -0.25) is 14.6 Å². The summed E-state index contributed by atoms with van der Waals surface area (Å²) in [7, 11) is 5.63. The van der Waals surface area contributed by atoms with E-state index in [1.165, 1.54) is 30.4 Å². The molecule has 31 heavy (non-hydrogen) atoms. The van der Waals surface area contributed by atoms with E-state index >= 15 is 0 Å². The summed E-state index contributed by atoms with van der Waals surface area (Å²) < 4.78 is 7.60. The summed E-state index contributed by atoms with van der Waals surface area (Å²) in [6.07, 6.45) is 9.12. The molecule has 0 radical (unpaired) electrons. The fraction of sp³-hybridized carbons (Fsp3) is 0.583. The number of aliphatic imine (C=N–C) groups is 1. The topological polar surface area (TPSA) is 57.9 Å². The smallest absolute Gasteiger partial charge is 0.193 e. The maximum atomic E-state index is 5.71. The number of nitrogens with one attached hydrogen (secondary N) is 1. The molecule has 2 aliphatic heterocycles. The van der Waals surface area contributed by atoms with Crippen molar-refractivity contribution in [2.45, 2.75) is 37.6 Å². The lowest BCUT2D eigenvalue weighted by atomic mass is 10.0. The van der Waals surface area contributed by atoms with E-state index in [2.05, 4.69) is 49.6 Å². The van der Waals surface area contributed by atoms with Crippen LogP contribution >= 0.6 is 0 Å². The second-order valence-corrected chi connectivity index (χ2v) is 8.66. The highest BCUT2D eigenvalue weighted by atomic mass is 16.5. The predicted molar refractivity (Wildman–Crippen MR) is 125 cm³/mol. The van der Waals surface area contributed by atoms with Crippen LogP contribution in [0.4, 0.5) is 0 Å². The number of hydrogen-bond donors (Lipinski definition) is 1. The van der Waals surface area contributed by atoms with Crippen molar-refractivity contribution < 1.29 is 4.74 Å². The predicted octanol–water partition coefficient (Wildman–Crippen LogP) is 3.02. The molecule has 1 N–H and O–H groups in total. The van der Waals surface area contributed by atoms with Gasteiger partial charge in [-0.1, -0.05) is 24.6 Å². The lowest BCUT2D eigenvalue weighted by molar-refractivity contribution is 0.161. The first-order valence-corrected chi connectivity index (χ1v) is 11.5. The summed E-state index contributed by atoms with van der Waals surface area (Å²) in [6.45, 7) is 5.09. The van der Waals surface area contributed by atoms with E-state index in [4.69, 9.17) is 4.74 Å². The summed E-state index contributed by atoms with van der Waals surface area (Å²) in [5, 5.41) is 8.04. The van der Waals surface area contributed by atoms with Gasteiger partial charge in [0.25, 0.3) is 0 Å². The van der Waals surface area contributed by atoms with Gasteiger partial charge in [0.1, 0.15) is 5.75 Å². The molecule has 2 aromatic rings. The van der Waals surface area contributed by atoms with E-state index in [1.807, 2.05) is 31.0 Å². The molecule has 1 aromatic heterocycles. The van der Waals surface area contributed by atoms with E-state index in [0.717, 1.165) is 50.9 Å². The normalized spacial score (nSPS) is 21.3. The third-order valence-corrected chi connectivity index (χ3v) is 6.68. The van der Waals surface area contributed by atoms with Gasteiger partial charge in [0, 0.05) is 51.4 Å². The minimum atomic E-state index is 0.268. The molecule has 0 aliphatic carbocycles. The largest absolute Gasteiger partial charge is 0.496 e. The fourth-order valence-electron chi connectivity index (χ4n) is 5.00. The van der Waals surface area contributed by atoms with Crippen molar-refractivity contribution in [1.82, 2.24) is 24.9 Å². The minimum Gasteiger partial charge on any atom is -0.496 e. The number of ether oxygens (including phenoxy) is 1. The van der Waals surface area contributed by atoms with Crippen molar-refractivity contribution in [3.05, 3.63) is 47.8 Å². The van der Waals surface area contributed by atoms with Gasteiger partial charge in [-0.15, -0.1) is 0 Å². The third kappa shape index (κ3) is 5.03. The molecule has 7 nitrogen and oxygen atoms in total. The molecule has 0 bridgehead atoms. The molecule has 2 fully saturated rings. The first-order valence-electron chi connectivity index (χ1n) is 11.5. The van der Waals surface area contributed by atoms with Crippen LogP contribution in [0.1, 0.15) is 48.8 Å². The molecular weight excluding hydrogens is 388 g/mol. The summed E-state index contributed by atoms with van der Waals surface area (Å²) in [5.74, 6) is 2.47. The number of guanidine groups is 1.